The molecule has 4 heterocycles. The van der Waals surface area contributed by atoms with Crippen molar-refractivity contribution in [1.82, 2.24) is 0 Å². The van der Waals surface area contributed by atoms with Gasteiger partial charge in [0.2, 0.25) is 0 Å². The highest BCUT2D eigenvalue weighted by atomic mass is 16.3. The van der Waals surface area contributed by atoms with Gasteiger partial charge in [0.25, 0.3) is 0 Å². The maximum Gasteiger partial charge on any atom is 0.329 e. The third-order valence-corrected chi connectivity index (χ3v) is 15.7. The number of nitrogens with zero attached hydrogens (tertiary/aromatic N) is 2. The lowest BCUT2D eigenvalue weighted by Gasteiger charge is -2.55. The molecule has 3 aliphatic heterocycles. The monoisotopic (exact) mass is 806 g/mol. The summed E-state index contributed by atoms with van der Waals surface area (Å²) >= 11 is 0. The van der Waals surface area contributed by atoms with Crippen molar-refractivity contribution in [2.45, 2.75) is 103 Å². The molecule has 2 unspecified atom stereocenters. The van der Waals surface area contributed by atoms with Gasteiger partial charge in [0.1, 0.15) is 11.2 Å². The van der Waals surface area contributed by atoms with E-state index in [1.165, 1.54) is 103 Å². The van der Waals surface area contributed by atoms with E-state index in [1.54, 1.807) is 0 Å². The van der Waals surface area contributed by atoms with Crippen molar-refractivity contribution < 1.29 is 4.42 Å². The minimum Gasteiger partial charge on any atom is -0.456 e. The Bertz CT molecular complexity index is 3150. The lowest BCUT2D eigenvalue weighted by Crippen LogP contribution is -2.70. The molecule has 1 saturated carbocycles. The van der Waals surface area contributed by atoms with E-state index >= 15 is 0 Å². The SMILES string of the molecule is CC(C)(C)c1ccc(N2c3cc4c(cc3B3c5c(cc(-c6ccccc6)cc52)-c2cc(C(C)(C)C)cc5c2N3C2(C)CCCCC52C)oc2ccccc24)c(-c2ccccc2)c1. The molecule has 0 saturated heterocycles. The van der Waals surface area contributed by atoms with Crippen LogP contribution in [-0.2, 0) is 16.2 Å². The normalized spacial score (nSPS) is 20.0. The first kappa shape index (κ1) is 37.7. The molecule has 7 aromatic carbocycles. The Hall–Kier alpha value is -6.00. The van der Waals surface area contributed by atoms with Gasteiger partial charge in [-0.05, 0) is 129 Å². The summed E-state index contributed by atoms with van der Waals surface area (Å²) in [5, 5.41) is 2.31. The van der Waals surface area contributed by atoms with Gasteiger partial charge in [-0.1, -0.05) is 152 Å². The van der Waals surface area contributed by atoms with E-state index in [4.69, 9.17) is 4.42 Å². The average Bonchev–Trinajstić information content (AvgIpc) is 3.73. The molecule has 0 bridgehead atoms. The standard InChI is InChI=1S/C58H55BN2O/c1-55(2,3)39-25-26-48(42(31-39)37-21-13-10-14-22-37)60-49-34-43-41-23-15-16-24-51(41)62-52(43)35-47(49)59-53-44(29-38(30-50(53)60)36-19-11-9-12-20-36)45-32-40(56(4,5)6)33-46-54(45)61(59)58(8)28-18-17-27-57(46,58)7/h9-16,19-26,29-35H,17-18,27-28H2,1-8H3. The third-order valence-electron chi connectivity index (χ3n) is 15.7. The van der Waals surface area contributed by atoms with Crippen LogP contribution in [0.4, 0.5) is 22.7 Å². The smallest absolute Gasteiger partial charge is 0.329 e. The molecule has 1 aromatic heterocycles. The number of anilines is 4. The number of rotatable bonds is 3. The van der Waals surface area contributed by atoms with Crippen LogP contribution in [0.2, 0.25) is 0 Å². The maximum atomic E-state index is 6.83. The van der Waals surface area contributed by atoms with Crippen molar-refractivity contribution in [3.8, 4) is 33.4 Å². The Morgan fingerprint density at radius 2 is 1.21 bits per heavy atom. The van der Waals surface area contributed by atoms with Crippen LogP contribution >= 0.6 is 0 Å². The van der Waals surface area contributed by atoms with Crippen molar-refractivity contribution in [2.75, 3.05) is 9.71 Å². The van der Waals surface area contributed by atoms with Crippen LogP contribution < -0.4 is 20.6 Å². The summed E-state index contributed by atoms with van der Waals surface area (Å²) in [6.45, 7) is 19.3. The molecule has 4 heteroatoms. The number of hydrogen-bond donors (Lipinski definition) is 0. The summed E-state index contributed by atoms with van der Waals surface area (Å²) in [5.41, 5.74) is 21.5. The molecular formula is C58H55BN2O. The zero-order valence-electron chi connectivity index (χ0n) is 37.5. The highest BCUT2D eigenvalue weighted by Gasteiger charge is 2.63. The Morgan fingerprint density at radius 3 is 1.95 bits per heavy atom. The Balaban J connectivity index is 1.26. The fourth-order valence-corrected chi connectivity index (χ4v) is 12.1. The molecular weight excluding hydrogens is 751 g/mol. The predicted molar refractivity (Wildman–Crippen MR) is 264 cm³/mol. The third kappa shape index (κ3) is 5.13. The fourth-order valence-electron chi connectivity index (χ4n) is 12.1. The molecule has 1 aliphatic carbocycles. The number of hydrogen-bond acceptors (Lipinski definition) is 3. The first-order valence-corrected chi connectivity index (χ1v) is 22.9. The number of benzene rings is 7. The second-order valence-electron chi connectivity index (χ2n) is 21.3. The van der Waals surface area contributed by atoms with Crippen LogP contribution in [0, 0.1) is 0 Å². The molecule has 8 aromatic rings. The summed E-state index contributed by atoms with van der Waals surface area (Å²) in [4.78, 5) is 5.59. The van der Waals surface area contributed by atoms with E-state index in [9.17, 15) is 0 Å². The van der Waals surface area contributed by atoms with Gasteiger partial charge in [-0.3, -0.25) is 0 Å². The minimum absolute atomic E-state index is 0.00884. The molecule has 62 heavy (non-hydrogen) atoms. The summed E-state index contributed by atoms with van der Waals surface area (Å²) in [6, 6.07) is 53.1. The number of fused-ring (bicyclic) bond motifs is 10. The highest BCUT2D eigenvalue weighted by Crippen LogP contribution is 2.64. The second-order valence-corrected chi connectivity index (χ2v) is 21.3. The summed E-state index contributed by atoms with van der Waals surface area (Å²) in [6.07, 6.45) is 4.84. The predicted octanol–water partition coefficient (Wildman–Crippen LogP) is 14.5. The summed E-state index contributed by atoms with van der Waals surface area (Å²) < 4.78 is 6.83. The first-order chi connectivity index (χ1) is 29.7. The van der Waals surface area contributed by atoms with Crippen LogP contribution in [0.15, 0.2) is 144 Å². The number of para-hydroxylation sites is 1. The van der Waals surface area contributed by atoms with Gasteiger partial charge in [-0.15, -0.1) is 0 Å². The molecule has 12 rings (SSSR count). The van der Waals surface area contributed by atoms with Gasteiger partial charge >= 0.3 is 6.85 Å². The lowest BCUT2D eigenvalue weighted by atomic mass is 9.42. The zero-order valence-corrected chi connectivity index (χ0v) is 37.5. The molecule has 0 radical (unpaired) electrons. The quantitative estimate of drug-likeness (QED) is 0.166. The van der Waals surface area contributed by atoms with E-state index in [0.717, 1.165) is 28.4 Å². The van der Waals surface area contributed by atoms with E-state index < -0.39 is 0 Å². The lowest BCUT2D eigenvalue weighted by molar-refractivity contribution is 0.199. The van der Waals surface area contributed by atoms with Crippen molar-refractivity contribution in [2.24, 2.45) is 0 Å². The van der Waals surface area contributed by atoms with Crippen LogP contribution in [0.3, 0.4) is 0 Å². The molecule has 306 valence electrons. The average molecular weight is 807 g/mol. The van der Waals surface area contributed by atoms with Crippen molar-refractivity contribution >= 4 is 62.5 Å². The van der Waals surface area contributed by atoms with Crippen molar-refractivity contribution in [3.05, 3.63) is 156 Å². The van der Waals surface area contributed by atoms with E-state index in [2.05, 4.69) is 205 Å². The van der Waals surface area contributed by atoms with Crippen LogP contribution in [0.5, 0.6) is 0 Å². The Labute approximate surface area is 367 Å². The molecule has 2 atom stereocenters. The Kier molecular flexibility index (Phi) is 7.78. The number of furan rings is 1. The molecule has 3 nitrogen and oxygen atoms in total. The van der Waals surface area contributed by atoms with Gasteiger partial charge in [-0.2, -0.15) is 0 Å². The summed E-state index contributed by atoms with van der Waals surface area (Å²) in [7, 11) is 0. The maximum absolute atomic E-state index is 6.83. The first-order valence-electron chi connectivity index (χ1n) is 22.9. The van der Waals surface area contributed by atoms with Crippen molar-refractivity contribution in [3.63, 3.8) is 0 Å². The minimum atomic E-state index is -0.0948. The van der Waals surface area contributed by atoms with E-state index in [0.29, 0.717) is 0 Å². The van der Waals surface area contributed by atoms with Crippen LogP contribution in [-0.4, -0.2) is 12.4 Å². The summed E-state index contributed by atoms with van der Waals surface area (Å²) in [5.74, 6) is 0. The highest BCUT2D eigenvalue weighted by molar-refractivity contribution is 6.93. The topological polar surface area (TPSA) is 19.6 Å². The molecule has 0 spiro atoms. The van der Waals surface area contributed by atoms with Crippen LogP contribution in [0.25, 0.3) is 55.3 Å². The fraction of sp³-hybridized carbons (Fsp3) is 0.276. The molecule has 0 amide bonds. The largest absolute Gasteiger partial charge is 0.456 e. The Morgan fingerprint density at radius 1 is 0.532 bits per heavy atom. The van der Waals surface area contributed by atoms with Gasteiger partial charge in [0.15, 0.2) is 0 Å². The van der Waals surface area contributed by atoms with Gasteiger partial charge in [0, 0.05) is 49.9 Å². The molecule has 4 aliphatic rings. The van der Waals surface area contributed by atoms with Crippen LogP contribution in [0.1, 0.15) is 97.8 Å². The van der Waals surface area contributed by atoms with Gasteiger partial charge in [0.05, 0.1) is 5.69 Å². The zero-order chi connectivity index (χ0) is 42.5. The van der Waals surface area contributed by atoms with E-state index in [-0.39, 0.29) is 28.6 Å². The van der Waals surface area contributed by atoms with E-state index in [1.807, 2.05) is 0 Å². The molecule has 0 N–H and O–H groups in total. The van der Waals surface area contributed by atoms with Gasteiger partial charge < -0.3 is 14.1 Å². The second kappa shape index (κ2) is 12.8. The van der Waals surface area contributed by atoms with Gasteiger partial charge in [-0.25, -0.2) is 0 Å². The molecule has 1 fully saturated rings. The van der Waals surface area contributed by atoms with Crippen molar-refractivity contribution in [1.29, 1.82) is 0 Å².